The lowest BCUT2D eigenvalue weighted by Crippen LogP contribution is -2.63. The molecule has 0 amide bonds. The number of aromatic amines is 1. The minimum atomic E-state index is -0.687. The van der Waals surface area contributed by atoms with Crippen LogP contribution in [0.2, 0.25) is 5.02 Å². The number of ether oxygens (including phenoxy) is 1. The Labute approximate surface area is 239 Å². The summed E-state index contributed by atoms with van der Waals surface area (Å²) < 4.78 is 6.29. The van der Waals surface area contributed by atoms with Gasteiger partial charge in [0.15, 0.2) is 5.82 Å². The van der Waals surface area contributed by atoms with Crippen LogP contribution < -0.4 is 0 Å². The standard InChI is InChI=1S/C30H38ClN3O4S/c1-6-28(4)15-22(29(5)17(2)11-13-30(18(3)25(28)37)14-12-21(35)24(29)30)38-23(36)16-39-27-32-26(33-34-27)19-9-7-8-10-20(19)31/h6-10,17-18,22,24-25,37H,1,11-16H2,2-5H3,(H,32,33,34)/t17-,18+,22-,24+,25+,28-,29+,30+/m1/s1. The van der Waals surface area contributed by atoms with Crippen molar-refractivity contribution in [2.75, 3.05) is 5.75 Å². The molecule has 3 aliphatic rings. The van der Waals surface area contributed by atoms with Crippen molar-refractivity contribution in [3.63, 3.8) is 0 Å². The largest absolute Gasteiger partial charge is 0.461 e. The summed E-state index contributed by atoms with van der Waals surface area (Å²) in [5.74, 6) is 0.284. The third kappa shape index (κ3) is 4.56. The van der Waals surface area contributed by atoms with E-state index in [0.29, 0.717) is 28.8 Å². The lowest BCUT2D eigenvalue weighted by molar-refractivity contribution is -0.205. The molecule has 8 atom stereocenters. The predicted octanol–water partition coefficient (Wildman–Crippen LogP) is 6.12. The van der Waals surface area contributed by atoms with Crippen LogP contribution in [0.25, 0.3) is 11.4 Å². The highest BCUT2D eigenvalue weighted by Gasteiger charge is 2.68. The zero-order chi connectivity index (χ0) is 28.2. The minimum Gasteiger partial charge on any atom is -0.461 e. The summed E-state index contributed by atoms with van der Waals surface area (Å²) in [6.45, 7) is 12.5. The second-order valence-electron chi connectivity index (χ2n) is 12.3. The lowest BCUT2D eigenvalue weighted by atomic mass is 9.44. The molecule has 210 valence electrons. The lowest BCUT2D eigenvalue weighted by Gasteiger charge is -2.61. The van der Waals surface area contributed by atoms with Crippen molar-refractivity contribution in [1.29, 1.82) is 0 Å². The Morgan fingerprint density at radius 2 is 2.05 bits per heavy atom. The molecule has 39 heavy (non-hydrogen) atoms. The van der Waals surface area contributed by atoms with Gasteiger partial charge in [-0.05, 0) is 55.1 Å². The number of hydrogen-bond donors (Lipinski definition) is 2. The summed E-state index contributed by atoms with van der Waals surface area (Å²) in [4.78, 5) is 31.3. The number of thioether (sulfide) groups is 1. The summed E-state index contributed by atoms with van der Waals surface area (Å²) in [6, 6.07) is 7.34. The second kappa shape index (κ2) is 10.3. The maximum atomic E-state index is 13.5. The fourth-order valence-corrected chi connectivity index (χ4v) is 8.71. The van der Waals surface area contributed by atoms with Crippen molar-refractivity contribution < 1.29 is 19.4 Å². The van der Waals surface area contributed by atoms with Gasteiger partial charge in [0.1, 0.15) is 11.9 Å². The van der Waals surface area contributed by atoms with Gasteiger partial charge in [0.25, 0.3) is 0 Å². The predicted molar refractivity (Wildman–Crippen MR) is 152 cm³/mol. The van der Waals surface area contributed by atoms with Crippen LogP contribution in [0.15, 0.2) is 42.1 Å². The fraction of sp³-hybridized carbons (Fsp3) is 0.600. The Bertz CT molecular complexity index is 1280. The van der Waals surface area contributed by atoms with E-state index in [-0.39, 0.29) is 34.7 Å². The number of ketones is 1. The van der Waals surface area contributed by atoms with Gasteiger partial charge in [0.05, 0.1) is 16.9 Å². The Kier molecular flexibility index (Phi) is 7.53. The third-order valence-electron chi connectivity index (χ3n) is 10.5. The van der Waals surface area contributed by atoms with Gasteiger partial charge < -0.3 is 9.84 Å². The molecule has 3 fully saturated rings. The molecule has 2 aromatic rings. The molecule has 2 N–H and O–H groups in total. The molecule has 2 bridgehead atoms. The summed E-state index contributed by atoms with van der Waals surface area (Å²) in [5, 5.41) is 19.7. The van der Waals surface area contributed by atoms with Crippen molar-refractivity contribution in [2.45, 2.75) is 77.2 Å². The van der Waals surface area contributed by atoms with Crippen LogP contribution in [0.5, 0.6) is 0 Å². The van der Waals surface area contributed by atoms with E-state index in [1.807, 2.05) is 31.2 Å². The van der Waals surface area contributed by atoms with E-state index in [1.165, 1.54) is 11.8 Å². The van der Waals surface area contributed by atoms with Gasteiger partial charge in [-0.2, -0.15) is 0 Å². The maximum Gasteiger partial charge on any atom is 0.316 e. The van der Waals surface area contributed by atoms with Crippen molar-refractivity contribution in [3.8, 4) is 11.4 Å². The zero-order valence-corrected chi connectivity index (χ0v) is 24.6. The number of aliphatic hydroxyl groups excluding tert-OH is 1. The van der Waals surface area contributed by atoms with Crippen LogP contribution in [0.1, 0.15) is 59.8 Å². The number of carbonyl (C=O) groups excluding carboxylic acids is 2. The number of carbonyl (C=O) groups is 2. The van der Waals surface area contributed by atoms with E-state index in [0.717, 1.165) is 24.8 Å². The van der Waals surface area contributed by atoms with Gasteiger partial charge in [-0.15, -0.1) is 11.7 Å². The average Bonchev–Trinajstić information content (AvgIpc) is 3.53. The molecule has 1 aromatic carbocycles. The Balaban J connectivity index is 1.40. The SMILES string of the molecule is C=C[C@]1(C)C[C@@H](OC(=O)CSc2n[nH]c(-c3ccccc3Cl)n2)[C@]2(C)[C@H](C)CC[C@]3(CCC(=O)[C@H]32)[C@@H](C)[C@@H]1O. The van der Waals surface area contributed by atoms with Gasteiger partial charge in [-0.25, -0.2) is 4.98 Å². The molecule has 9 heteroatoms. The first-order valence-electron chi connectivity index (χ1n) is 13.8. The van der Waals surface area contributed by atoms with Gasteiger partial charge in [0.2, 0.25) is 5.16 Å². The molecule has 0 aliphatic heterocycles. The highest BCUT2D eigenvalue weighted by Crippen LogP contribution is 2.68. The van der Waals surface area contributed by atoms with E-state index < -0.39 is 29.0 Å². The van der Waals surface area contributed by atoms with Gasteiger partial charge in [0, 0.05) is 28.7 Å². The van der Waals surface area contributed by atoms with E-state index >= 15 is 0 Å². The molecule has 7 nitrogen and oxygen atoms in total. The smallest absolute Gasteiger partial charge is 0.316 e. The molecular weight excluding hydrogens is 534 g/mol. The quantitative estimate of drug-likeness (QED) is 0.244. The fourth-order valence-electron chi connectivity index (χ4n) is 7.90. The van der Waals surface area contributed by atoms with Crippen LogP contribution in [0.4, 0.5) is 0 Å². The monoisotopic (exact) mass is 571 g/mol. The van der Waals surface area contributed by atoms with Crippen molar-refractivity contribution in [1.82, 2.24) is 15.2 Å². The molecule has 0 radical (unpaired) electrons. The molecule has 0 spiro atoms. The van der Waals surface area contributed by atoms with Gasteiger partial charge in [-0.3, -0.25) is 14.7 Å². The maximum absolute atomic E-state index is 13.5. The van der Waals surface area contributed by atoms with E-state index in [9.17, 15) is 14.7 Å². The molecule has 5 rings (SSSR count). The molecular formula is C30H38ClN3O4S. The van der Waals surface area contributed by atoms with Crippen molar-refractivity contribution >= 4 is 35.1 Å². The third-order valence-corrected chi connectivity index (χ3v) is 11.6. The number of rotatable bonds is 6. The summed E-state index contributed by atoms with van der Waals surface area (Å²) >= 11 is 7.47. The number of esters is 1. The number of aliphatic hydroxyl groups is 1. The number of Topliss-reactive ketones (excluding diaryl/α,β-unsaturated/α-hetero) is 1. The topological polar surface area (TPSA) is 105 Å². The first-order valence-corrected chi connectivity index (χ1v) is 15.2. The number of H-pyrrole nitrogens is 1. The molecule has 1 aromatic heterocycles. The molecule has 0 unspecified atom stereocenters. The summed E-state index contributed by atoms with van der Waals surface area (Å²) in [7, 11) is 0. The first kappa shape index (κ1) is 28.4. The Morgan fingerprint density at radius 1 is 1.31 bits per heavy atom. The van der Waals surface area contributed by atoms with Crippen LogP contribution in [0, 0.1) is 34.0 Å². The van der Waals surface area contributed by atoms with E-state index in [1.54, 1.807) is 6.07 Å². The van der Waals surface area contributed by atoms with Crippen LogP contribution in [-0.4, -0.2) is 50.0 Å². The summed E-state index contributed by atoms with van der Waals surface area (Å²) in [6.07, 6.45) is 4.13. The molecule has 1 heterocycles. The minimum absolute atomic E-state index is 0.0221. The normalized spacial score (nSPS) is 38.0. The van der Waals surface area contributed by atoms with Crippen LogP contribution >= 0.6 is 23.4 Å². The van der Waals surface area contributed by atoms with Gasteiger partial charge in [-0.1, -0.05) is 69.3 Å². The number of hydrogen-bond acceptors (Lipinski definition) is 7. The van der Waals surface area contributed by atoms with E-state index in [4.69, 9.17) is 16.3 Å². The molecule has 3 aliphatic carbocycles. The van der Waals surface area contributed by atoms with Crippen LogP contribution in [-0.2, 0) is 14.3 Å². The van der Waals surface area contributed by atoms with Gasteiger partial charge >= 0.3 is 5.97 Å². The van der Waals surface area contributed by atoms with E-state index in [2.05, 4.69) is 42.5 Å². The molecule has 3 saturated carbocycles. The number of aromatic nitrogens is 3. The number of nitrogens with zero attached hydrogens (tertiary/aromatic N) is 2. The highest BCUT2D eigenvalue weighted by atomic mass is 35.5. The number of halogens is 1. The molecule has 0 saturated heterocycles. The Hall–Kier alpha value is -2.16. The summed E-state index contributed by atoms with van der Waals surface area (Å²) in [5.41, 5.74) is -0.758. The highest BCUT2D eigenvalue weighted by molar-refractivity contribution is 7.99. The average molecular weight is 572 g/mol. The Morgan fingerprint density at radius 3 is 2.77 bits per heavy atom. The first-order chi connectivity index (χ1) is 18.5. The van der Waals surface area contributed by atoms with Crippen molar-refractivity contribution in [3.05, 3.63) is 41.9 Å². The second-order valence-corrected chi connectivity index (χ2v) is 13.6. The number of benzene rings is 1. The number of nitrogens with one attached hydrogen (secondary N) is 1. The zero-order valence-electron chi connectivity index (χ0n) is 23.1. The van der Waals surface area contributed by atoms with Crippen LogP contribution in [0.3, 0.4) is 0 Å². The van der Waals surface area contributed by atoms with Crippen molar-refractivity contribution in [2.24, 2.45) is 34.0 Å².